The molecule has 3 aromatic rings. The topological polar surface area (TPSA) is 80.9 Å². The smallest absolute Gasteiger partial charge is 0.234 e. The van der Waals surface area contributed by atoms with Crippen LogP contribution in [0.5, 0.6) is 0 Å². The molecular formula is C20H22N4OS2. The van der Waals surface area contributed by atoms with E-state index in [1.54, 1.807) is 11.3 Å². The van der Waals surface area contributed by atoms with Gasteiger partial charge in [-0.1, -0.05) is 36.4 Å². The number of hydrogen-bond donors (Lipinski definition) is 2. The first-order valence-corrected chi connectivity index (χ1v) is 10.9. The Bertz CT molecular complexity index is 997. The van der Waals surface area contributed by atoms with Crippen molar-refractivity contribution in [3.8, 4) is 0 Å². The second-order valence-electron chi connectivity index (χ2n) is 7.13. The third-order valence-electron chi connectivity index (χ3n) is 4.83. The van der Waals surface area contributed by atoms with E-state index in [2.05, 4.69) is 22.2 Å². The fraction of sp³-hybridized carbons (Fsp3) is 0.350. The molecule has 140 valence electrons. The molecule has 0 spiro atoms. The van der Waals surface area contributed by atoms with Crippen LogP contribution in [0.2, 0.25) is 0 Å². The van der Waals surface area contributed by atoms with E-state index in [1.165, 1.54) is 28.6 Å². The Morgan fingerprint density at radius 1 is 1.33 bits per heavy atom. The summed E-state index contributed by atoms with van der Waals surface area (Å²) in [6.07, 6.45) is 3.33. The summed E-state index contributed by atoms with van der Waals surface area (Å²) in [5, 5.41) is 4.48. The number of nitrogen functional groups attached to an aromatic ring is 1. The number of thioether (sulfide) groups is 1. The first kappa shape index (κ1) is 18.3. The average Bonchev–Trinajstić information content (AvgIpc) is 2.99. The van der Waals surface area contributed by atoms with Crippen LogP contribution >= 0.6 is 23.1 Å². The van der Waals surface area contributed by atoms with E-state index in [4.69, 9.17) is 5.73 Å². The van der Waals surface area contributed by atoms with Crippen molar-refractivity contribution in [3.63, 3.8) is 0 Å². The molecule has 27 heavy (non-hydrogen) atoms. The summed E-state index contributed by atoms with van der Waals surface area (Å²) in [5.41, 5.74) is 9.53. The lowest BCUT2D eigenvalue weighted by atomic mass is 9.89. The van der Waals surface area contributed by atoms with Crippen molar-refractivity contribution in [1.29, 1.82) is 0 Å². The van der Waals surface area contributed by atoms with Crippen molar-refractivity contribution in [2.75, 3.05) is 16.8 Å². The largest absolute Gasteiger partial charge is 0.383 e. The predicted octanol–water partition coefficient (Wildman–Crippen LogP) is 4.44. The van der Waals surface area contributed by atoms with Crippen molar-refractivity contribution in [2.24, 2.45) is 5.92 Å². The van der Waals surface area contributed by atoms with Gasteiger partial charge in [-0.25, -0.2) is 9.97 Å². The highest BCUT2D eigenvalue weighted by Crippen LogP contribution is 2.39. The minimum absolute atomic E-state index is 0.0783. The Balaban J connectivity index is 1.47. The molecule has 7 heteroatoms. The molecule has 1 atom stereocenters. The summed E-state index contributed by atoms with van der Waals surface area (Å²) in [6.45, 7) is 4.30. The SMILES string of the molecule is Cc1ccc(NC(=O)CSc2nc(N)c3c4c(sc3n2)C[C@@H](C)CC4)cc1. The van der Waals surface area contributed by atoms with Gasteiger partial charge in [0.05, 0.1) is 11.1 Å². The third-order valence-corrected chi connectivity index (χ3v) is 6.83. The van der Waals surface area contributed by atoms with Gasteiger partial charge in [-0.2, -0.15) is 0 Å². The minimum Gasteiger partial charge on any atom is -0.383 e. The van der Waals surface area contributed by atoms with Crippen molar-refractivity contribution in [1.82, 2.24) is 9.97 Å². The summed E-state index contributed by atoms with van der Waals surface area (Å²) >= 11 is 3.04. The van der Waals surface area contributed by atoms with Gasteiger partial charge >= 0.3 is 0 Å². The van der Waals surface area contributed by atoms with E-state index in [-0.39, 0.29) is 11.7 Å². The minimum atomic E-state index is -0.0783. The number of anilines is 2. The lowest BCUT2D eigenvalue weighted by Gasteiger charge is -2.17. The summed E-state index contributed by atoms with van der Waals surface area (Å²) < 4.78 is 0. The van der Waals surface area contributed by atoms with E-state index in [9.17, 15) is 4.79 Å². The van der Waals surface area contributed by atoms with Crippen molar-refractivity contribution in [2.45, 2.75) is 38.3 Å². The van der Waals surface area contributed by atoms with Gasteiger partial charge in [0.25, 0.3) is 0 Å². The van der Waals surface area contributed by atoms with Gasteiger partial charge < -0.3 is 11.1 Å². The van der Waals surface area contributed by atoms with Crippen LogP contribution in [0.3, 0.4) is 0 Å². The number of thiophene rings is 1. The molecule has 5 nitrogen and oxygen atoms in total. The number of carbonyl (C=O) groups excluding carboxylic acids is 1. The molecular weight excluding hydrogens is 376 g/mol. The Hall–Kier alpha value is -2.12. The highest BCUT2D eigenvalue weighted by Gasteiger charge is 2.23. The monoisotopic (exact) mass is 398 g/mol. The molecule has 1 aliphatic rings. The van der Waals surface area contributed by atoms with E-state index >= 15 is 0 Å². The number of hydrogen-bond acceptors (Lipinski definition) is 6. The average molecular weight is 399 g/mol. The summed E-state index contributed by atoms with van der Waals surface area (Å²) in [7, 11) is 0. The van der Waals surface area contributed by atoms with Crippen LogP contribution in [-0.4, -0.2) is 21.6 Å². The number of amides is 1. The van der Waals surface area contributed by atoms with Gasteiger partial charge in [0, 0.05) is 10.6 Å². The molecule has 0 radical (unpaired) electrons. The highest BCUT2D eigenvalue weighted by atomic mass is 32.2. The van der Waals surface area contributed by atoms with Crippen LogP contribution in [0.4, 0.5) is 11.5 Å². The molecule has 0 fully saturated rings. The number of nitrogens with one attached hydrogen (secondary N) is 1. The maximum absolute atomic E-state index is 12.2. The zero-order valence-corrected chi connectivity index (χ0v) is 17.0. The highest BCUT2D eigenvalue weighted by molar-refractivity contribution is 7.99. The summed E-state index contributed by atoms with van der Waals surface area (Å²) in [4.78, 5) is 23.7. The quantitative estimate of drug-likeness (QED) is 0.502. The van der Waals surface area contributed by atoms with Crippen molar-refractivity contribution < 1.29 is 4.79 Å². The third kappa shape index (κ3) is 3.94. The predicted molar refractivity (Wildman–Crippen MR) is 114 cm³/mol. The number of nitrogens with zero attached hydrogens (tertiary/aromatic N) is 2. The number of benzene rings is 1. The second-order valence-corrected chi connectivity index (χ2v) is 9.15. The van der Waals surface area contributed by atoms with E-state index in [1.807, 2.05) is 31.2 Å². The molecule has 0 unspecified atom stereocenters. The zero-order valence-electron chi connectivity index (χ0n) is 15.4. The van der Waals surface area contributed by atoms with Gasteiger partial charge in [0.15, 0.2) is 5.16 Å². The van der Waals surface area contributed by atoms with E-state index in [0.29, 0.717) is 16.9 Å². The fourth-order valence-corrected chi connectivity index (χ4v) is 5.48. The summed E-state index contributed by atoms with van der Waals surface area (Å²) in [6, 6.07) is 7.74. The second kappa shape index (κ2) is 7.48. The number of aromatic nitrogens is 2. The van der Waals surface area contributed by atoms with Crippen LogP contribution in [0.15, 0.2) is 29.4 Å². The van der Waals surface area contributed by atoms with Crippen LogP contribution in [0.25, 0.3) is 10.2 Å². The van der Waals surface area contributed by atoms with Gasteiger partial charge in [-0.15, -0.1) is 11.3 Å². The normalized spacial score (nSPS) is 16.3. The van der Waals surface area contributed by atoms with Crippen molar-refractivity contribution >= 4 is 50.7 Å². The van der Waals surface area contributed by atoms with Crippen LogP contribution < -0.4 is 11.1 Å². The van der Waals surface area contributed by atoms with E-state index in [0.717, 1.165) is 34.3 Å². The molecule has 3 N–H and O–H groups in total. The number of nitrogens with two attached hydrogens (primary N) is 1. The Kier molecular flexibility index (Phi) is 5.06. The maximum atomic E-state index is 12.2. The van der Waals surface area contributed by atoms with Crippen molar-refractivity contribution in [3.05, 3.63) is 40.3 Å². The standard InChI is InChI=1S/C20H22N4OS2/c1-11-3-6-13(7-4-11)22-16(25)10-26-20-23-18(21)17-14-8-5-12(2)9-15(14)27-19(17)24-20/h3-4,6-7,12H,5,8-10H2,1-2H3,(H,22,25)(H2,21,23,24)/t12-/m0/s1. The number of rotatable bonds is 4. The molecule has 0 bridgehead atoms. The van der Waals surface area contributed by atoms with Crippen LogP contribution in [-0.2, 0) is 17.6 Å². The molecule has 0 saturated carbocycles. The number of fused-ring (bicyclic) bond motifs is 3. The lowest BCUT2D eigenvalue weighted by Crippen LogP contribution is -2.14. The van der Waals surface area contributed by atoms with Gasteiger partial charge in [-0.05, 0) is 49.8 Å². The molecule has 0 aliphatic heterocycles. The molecule has 1 aliphatic carbocycles. The molecule has 2 aromatic heterocycles. The van der Waals surface area contributed by atoms with Gasteiger partial charge in [-0.3, -0.25) is 4.79 Å². The first-order chi connectivity index (χ1) is 13.0. The maximum Gasteiger partial charge on any atom is 0.234 e. The number of carbonyl (C=O) groups is 1. The molecule has 0 saturated heterocycles. The molecule has 2 heterocycles. The zero-order chi connectivity index (χ0) is 19.0. The molecule has 1 aromatic carbocycles. The Morgan fingerprint density at radius 3 is 2.89 bits per heavy atom. The number of aryl methyl sites for hydroxylation is 2. The first-order valence-electron chi connectivity index (χ1n) is 9.06. The Morgan fingerprint density at radius 2 is 2.11 bits per heavy atom. The Labute approximate surface area is 166 Å². The van der Waals surface area contributed by atoms with Crippen LogP contribution in [0, 0.1) is 12.8 Å². The van der Waals surface area contributed by atoms with Crippen LogP contribution in [0.1, 0.15) is 29.3 Å². The molecule has 1 amide bonds. The molecule has 4 rings (SSSR count). The lowest BCUT2D eigenvalue weighted by molar-refractivity contribution is -0.113. The van der Waals surface area contributed by atoms with E-state index < -0.39 is 0 Å². The fourth-order valence-electron chi connectivity index (χ4n) is 3.38. The van der Waals surface area contributed by atoms with Gasteiger partial charge in [0.1, 0.15) is 10.6 Å². The van der Waals surface area contributed by atoms with Gasteiger partial charge in [0.2, 0.25) is 5.91 Å². The summed E-state index contributed by atoms with van der Waals surface area (Å²) in [5.74, 6) is 1.42.